The van der Waals surface area contributed by atoms with Crippen molar-refractivity contribution in [3.63, 3.8) is 0 Å². The van der Waals surface area contributed by atoms with E-state index in [-0.39, 0.29) is 15.9 Å². The topological polar surface area (TPSA) is 75.3 Å². The van der Waals surface area contributed by atoms with E-state index < -0.39 is 0 Å². The second-order valence-electron chi connectivity index (χ2n) is 11.1. The summed E-state index contributed by atoms with van der Waals surface area (Å²) in [5, 5.41) is 10.1. The predicted molar refractivity (Wildman–Crippen MR) is 150 cm³/mol. The monoisotopic (exact) mass is 525 g/mol. The van der Waals surface area contributed by atoms with Crippen LogP contribution in [0.15, 0.2) is 35.4 Å². The number of thiocarbonyl (C=S) groups is 1. The van der Waals surface area contributed by atoms with Crippen LogP contribution in [-0.2, 0) is 6.42 Å². The minimum atomic E-state index is 0.153. The van der Waals surface area contributed by atoms with Gasteiger partial charge in [0.05, 0.1) is 10.6 Å². The average molecular weight is 526 g/mol. The molecule has 2 saturated carbocycles. The maximum Gasteiger partial charge on any atom is 0.187 e. The molecule has 35 heavy (non-hydrogen) atoms. The second kappa shape index (κ2) is 8.56. The van der Waals surface area contributed by atoms with Crippen molar-refractivity contribution in [1.29, 1.82) is 0 Å². The van der Waals surface area contributed by atoms with E-state index in [1.165, 1.54) is 42.0 Å². The zero-order valence-electron chi connectivity index (χ0n) is 20.2. The molecule has 2 fully saturated rings. The van der Waals surface area contributed by atoms with Crippen molar-refractivity contribution in [2.24, 2.45) is 39.4 Å². The molecule has 5 nitrogen and oxygen atoms in total. The molecule has 0 amide bonds. The third-order valence-electron chi connectivity index (χ3n) is 9.43. The first-order valence-electron chi connectivity index (χ1n) is 12.6. The lowest BCUT2D eigenvalue weighted by molar-refractivity contribution is 0.0116. The van der Waals surface area contributed by atoms with Crippen LogP contribution in [0.5, 0.6) is 0 Å². The van der Waals surface area contributed by atoms with Crippen LogP contribution in [0.3, 0.4) is 0 Å². The fourth-order valence-corrected chi connectivity index (χ4v) is 9.06. The van der Waals surface area contributed by atoms with Gasteiger partial charge in [-0.2, -0.15) is 5.10 Å². The number of nitrogens with one attached hydrogen (secondary N) is 2. The lowest BCUT2D eigenvalue weighted by Crippen LogP contribution is -2.49. The summed E-state index contributed by atoms with van der Waals surface area (Å²) in [6, 6.07) is 7.83. The fraction of sp³-hybridized carbons (Fsp3) is 0.519. The number of hydrogen-bond acceptors (Lipinski definition) is 5. The largest absolute Gasteiger partial charge is 0.375 e. The van der Waals surface area contributed by atoms with E-state index in [0.29, 0.717) is 17.8 Å². The normalized spacial score (nSPS) is 34.3. The van der Waals surface area contributed by atoms with Gasteiger partial charge < -0.3 is 11.1 Å². The smallest absolute Gasteiger partial charge is 0.187 e. The highest BCUT2D eigenvalue weighted by molar-refractivity contribution is 7.80. The van der Waals surface area contributed by atoms with E-state index in [0.717, 1.165) is 35.1 Å². The molecule has 0 bridgehead atoms. The van der Waals surface area contributed by atoms with Crippen LogP contribution in [-0.4, -0.2) is 15.8 Å². The van der Waals surface area contributed by atoms with E-state index in [1.54, 1.807) is 5.57 Å². The first-order chi connectivity index (χ1) is 16.8. The van der Waals surface area contributed by atoms with Gasteiger partial charge in [0.2, 0.25) is 0 Å². The molecule has 1 aromatic heterocycles. The Balaban J connectivity index is 1.28. The lowest BCUT2D eigenvalue weighted by atomic mass is 9.48. The van der Waals surface area contributed by atoms with Crippen molar-refractivity contribution in [2.45, 2.75) is 58.8 Å². The number of nitrogens with two attached hydrogens (primary N) is 1. The average Bonchev–Trinajstić information content (AvgIpc) is 3.39. The van der Waals surface area contributed by atoms with Crippen molar-refractivity contribution >= 4 is 62.4 Å². The van der Waals surface area contributed by atoms with Crippen LogP contribution in [0, 0.1) is 28.6 Å². The minimum Gasteiger partial charge on any atom is -0.375 e. The zero-order valence-corrected chi connectivity index (χ0v) is 22.6. The Morgan fingerprint density at radius 1 is 1.14 bits per heavy atom. The van der Waals surface area contributed by atoms with E-state index in [2.05, 4.69) is 35.8 Å². The number of aryl methyl sites for hydroxylation is 1. The highest BCUT2D eigenvalue weighted by Crippen LogP contribution is 2.65. The maximum absolute atomic E-state index is 6.05. The number of nitrogens with zero attached hydrogens (tertiary/aromatic N) is 2. The van der Waals surface area contributed by atoms with Gasteiger partial charge in [0.1, 0.15) is 0 Å². The summed E-state index contributed by atoms with van der Waals surface area (Å²) in [4.78, 5) is 6.39. The van der Waals surface area contributed by atoms with Gasteiger partial charge in [0.25, 0.3) is 0 Å². The molecule has 4 aliphatic rings. The number of anilines is 2. The van der Waals surface area contributed by atoms with Crippen molar-refractivity contribution in [2.75, 3.05) is 5.32 Å². The lowest BCUT2D eigenvalue weighted by Gasteiger charge is -2.56. The first kappa shape index (κ1) is 23.4. The molecule has 8 heteroatoms. The third kappa shape index (κ3) is 3.82. The summed E-state index contributed by atoms with van der Waals surface area (Å²) in [7, 11) is 0. The molecule has 4 aliphatic carbocycles. The Kier molecular flexibility index (Phi) is 5.73. The molecule has 0 unspecified atom stereocenters. The van der Waals surface area contributed by atoms with E-state index in [1.807, 2.05) is 35.6 Å². The highest BCUT2D eigenvalue weighted by Gasteiger charge is 2.58. The number of benzene rings is 1. The Hall–Kier alpha value is -1.96. The molecule has 0 radical (unpaired) electrons. The number of allylic oxidation sites excluding steroid dienone is 2. The molecule has 2 aromatic rings. The van der Waals surface area contributed by atoms with Crippen LogP contribution in [0.25, 0.3) is 5.57 Å². The van der Waals surface area contributed by atoms with Gasteiger partial charge >= 0.3 is 0 Å². The van der Waals surface area contributed by atoms with Crippen LogP contribution in [0.2, 0.25) is 5.02 Å². The summed E-state index contributed by atoms with van der Waals surface area (Å²) in [6.45, 7) is 4.96. The van der Waals surface area contributed by atoms with Gasteiger partial charge in [-0.05, 0) is 110 Å². The van der Waals surface area contributed by atoms with Crippen molar-refractivity contribution < 1.29 is 0 Å². The predicted octanol–water partition coefficient (Wildman–Crippen LogP) is 6.91. The standard InChI is InChI=1S/C27H32ClN5S2/c1-26-14-12-21-23(35-25(31-21)30-16-5-3-15(28)4-6-16)20(26)8-7-17-18-9-10-22(32-33-24(29)34)27(18,2)13-11-19(17)26/h3-6,8,17-19H,7,9-14H2,1-2H3,(H,30,31)(H3,29,33,34)/b32-22+/t17-,18-,19-,26+,27-/m0/s1. The Morgan fingerprint density at radius 3 is 2.69 bits per heavy atom. The van der Waals surface area contributed by atoms with E-state index in [9.17, 15) is 0 Å². The zero-order chi connectivity index (χ0) is 24.4. The SMILES string of the molecule is C[C@]12CCc3nc(Nc4ccc(Cl)cc4)sc3C1=CC[C@@H]1[C@@H]2CC[C@]2(C)/C(=N/NC(N)=S)CC[C@@H]12. The molecule has 0 spiro atoms. The third-order valence-corrected chi connectivity index (χ3v) is 10.8. The Bertz CT molecular complexity index is 1230. The molecule has 0 aliphatic heterocycles. The van der Waals surface area contributed by atoms with Crippen molar-refractivity contribution in [3.05, 3.63) is 45.9 Å². The highest BCUT2D eigenvalue weighted by atomic mass is 35.5. The number of halogens is 1. The molecule has 0 saturated heterocycles. The number of hydrazone groups is 1. The van der Waals surface area contributed by atoms with Gasteiger partial charge in [-0.3, -0.25) is 5.43 Å². The van der Waals surface area contributed by atoms with Crippen LogP contribution >= 0.6 is 35.2 Å². The Labute approximate surface area is 221 Å². The number of fused-ring (bicyclic) bond motifs is 7. The molecule has 184 valence electrons. The molecular formula is C27H32ClN5S2. The molecule has 4 N–H and O–H groups in total. The fourth-order valence-electron chi connectivity index (χ4n) is 7.68. The molecule has 1 heterocycles. The quantitative estimate of drug-likeness (QED) is 0.300. The van der Waals surface area contributed by atoms with Gasteiger partial charge in [0.15, 0.2) is 10.2 Å². The van der Waals surface area contributed by atoms with E-state index >= 15 is 0 Å². The molecule has 5 atom stereocenters. The minimum absolute atomic E-state index is 0.153. The second-order valence-corrected chi connectivity index (χ2v) is 13.0. The number of hydrogen-bond donors (Lipinski definition) is 3. The van der Waals surface area contributed by atoms with Gasteiger partial charge in [-0.15, -0.1) is 0 Å². The van der Waals surface area contributed by atoms with Crippen LogP contribution in [0.1, 0.15) is 62.9 Å². The van der Waals surface area contributed by atoms with E-state index in [4.69, 9.17) is 34.5 Å². The van der Waals surface area contributed by atoms with Crippen molar-refractivity contribution in [3.8, 4) is 0 Å². The van der Waals surface area contributed by atoms with Gasteiger partial charge in [-0.25, -0.2) is 4.98 Å². The number of thiazole rings is 1. The summed E-state index contributed by atoms with van der Waals surface area (Å²) in [5.74, 6) is 2.10. The molecular weight excluding hydrogens is 494 g/mol. The Morgan fingerprint density at radius 2 is 1.91 bits per heavy atom. The summed E-state index contributed by atoms with van der Waals surface area (Å²) in [6.07, 6.45) is 10.7. The van der Waals surface area contributed by atoms with Gasteiger partial charge in [-0.1, -0.05) is 42.9 Å². The van der Waals surface area contributed by atoms with Gasteiger partial charge in [0, 0.05) is 21.8 Å². The molecule has 6 rings (SSSR count). The molecule has 1 aromatic carbocycles. The number of aromatic nitrogens is 1. The van der Waals surface area contributed by atoms with Crippen molar-refractivity contribution in [1.82, 2.24) is 10.4 Å². The van der Waals surface area contributed by atoms with Crippen LogP contribution in [0.4, 0.5) is 10.8 Å². The first-order valence-corrected chi connectivity index (χ1v) is 14.2. The summed E-state index contributed by atoms with van der Waals surface area (Å²) >= 11 is 12.9. The van der Waals surface area contributed by atoms with Crippen LogP contribution < -0.4 is 16.5 Å². The maximum atomic E-state index is 6.05. The summed E-state index contributed by atoms with van der Waals surface area (Å²) in [5.41, 5.74) is 14.0. The number of rotatable bonds is 3. The summed E-state index contributed by atoms with van der Waals surface area (Å²) < 4.78 is 0.